The first-order valence-corrected chi connectivity index (χ1v) is 8.89. The Kier molecular flexibility index (Phi) is 5.80. The molecule has 0 aliphatic carbocycles. The van der Waals surface area contributed by atoms with Crippen molar-refractivity contribution in [1.82, 2.24) is 10.1 Å². The molecule has 0 saturated heterocycles. The molecule has 0 amide bonds. The molecule has 0 fully saturated rings. The molecule has 0 aliphatic heterocycles. The van der Waals surface area contributed by atoms with E-state index < -0.39 is 12.6 Å². The van der Waals surface area contributed by atoms with Crippen LogP contribution in [0.15, 0.2) is 45.4 Å². The van der Waals surface area contributed by atoms with E-state index in [0.29, 0.717) is 39.2 Å². The van der Waals surface area contributed by atoms with Crippen LogP contribution in [0.25, 0.3) is 11.5 Å². The summed E-state index contributed by atoms with van der Waals surface area (Å²) in [7, 11) is 0. The zero-order chi connectivity index (χ0) is 18.7. The summed E-state index contributed by atoms with van der Waals surface area (Å²) >= 11 is 15.7. The second kappa shape index (κ2) is 8.07. The predicted octanol–water partition coefficient (Wildman–Crippen LogP) is 4.86. The van der Waals surface area contributed by atoms with E-state index in [1.54, 1.807) is 36.4 Å². The highest BCUT2D eigenvalue weighted by Crippen LogP contribution is 2.33. The highest BCUT2D eigenvalue weighted by molar-refractivity contribution is 9.10. The van der Waals surface area contributed by atoms with Crippen molar-refractivity contribution in [1.29, 1.82) is 0 Å². The molecule has 0 unspecified atom stereocenters. The lowest BCUT2D eigenvalue weighted by Gasteiger charge is -2.07. The Morgan fingerprint density at radius 1 is 1.23 bits per heavy atom. The van der Waals surface area contributed by atoms with Crippen molar-refractivity contribution < 1.29 is 19.2 Å². The topological polar surface area (TPSA) is 85.5 Å². The minimum atomic E-state index is -1.08. The van der Waals surface area contributed by atoms with Crippen LogP contribution in [0.5, 0.6) is 5.75 Å². The lowest BCUT2D eigenvalue weighted by molar-refractivity contribution is -0.139. The standard InChI is InChI=1S/C17H11BrCl2N2O4/c18-9-4-5-14(25-8-16(23)24)11(6-9)17-21-15(22-26-17)7-10-12(19)2-1-3-13(10)20/h1-6H,7-8H2,(H,23,24). The van der Waals surface area contributed by atoms with Gasteiger partial charge in [-0.15, -0.1) is 0 Å². The summed E-state index contributed by atoms with van der Waals surface area (Å²) in [5, 5.41) is 13.8. The third-order valence-electron chi connectivity index (χ3n) is 3.39. The van der Waals surface area contributed by atoms with Crippen LogP contribution in [-0.2, 0) is 11.2 Å². The second-order valence-corrected chi connectivity index (χ2v) is 6.95. The largest absolute Gasteiger partial charge is 0.481 e. The number of aliphatic carboxylic acids is 1. The summed E-state index contributed by atoms with van der Waals surface area (Å²) in [5.74, 6) is -0.177. The summed E-state index contributed by atoms with van der Waals surface area (Å²) in [5.41, 5.74) is 1.17. The van der Waals surface area contributed by atoms with E-state index in [1.807, 2.05) is 0 Å². The Hall–Kier alpha value is -2.09. The summed E-state index contributed by atoms with van der Waals surface area (Å²) < 4.78 is 11.3. The van der Waals surface area contributed by atoms with Crippen LogP contribution in [0.4, 0.5) is 0 Å². The van der Waals surface area contributed by atoms with Gasteiger partial charge in [0.15, 0.2) is 12.4 Å². The monoisotopic (exact) mass is 456 g/mol. The highest BCUT2D eigenvalue weighted by atomic mass is 79.9. The highest BCUT2D eigenvalue weighted by Gasteiger charge is 2.17. The first-order chi connectivity index (χ1) is 12.4. The molecule has 0 spiro atoms. The van der Waals surface area contributed by atoms with Crippen LogP contribution >= 0.6 is 39.1 Å². The number of carboxylic acids is 1. The Morgan fingerprint density at radius 2 is 1.96 bits per heavy atom. The number of halogens is 3. The Bertz CT molecular complexity index is 941. The van der Waals surface area contributed by atoms with E-state index in [9.17, 15) is 4.79 Å². The van der Waals surface area contributed by atoms with Gasteiger partial charge in [0.1, 0.15) is 5.75 Å². The Balaban J connectivity index is 1.90. The van der Waals surface area contributed by atoms with Crippen molar-refractivity contribution in [2.45, 2.75) is 6.42 Å². The number of carbonyl (C=O) groups is 1. The maximum absolute atomic E-state index is 10.7. The lowest BCUT2D eigenvalue weighted by Crippen LogP contribution is -2.10. The first kappa shape index (κ1) is 18.7. The van der Waals surface area contributed by atoms with Crippen molar-refractivity contribution >= 4 is 45.1 Å². The minimum Gasteiger partial charge on any atom is -0.481 e. The summed E-state index contributed by atoms with van der Waals surface area (Å²) in [6, 6.07) is 10.3. The van der Waals surface area contributed by atoms with Crippen LogP contribution < -0.4 is 4.74 Å². The second-order valence-electron chi connectivity index (χ2n) is 5.22. The number of hydrogen-bond donors (Lipinski definition) is 1. The Morgan fingerprint density at radius 3 is 2.65 bits per heavy atom. The van der Waals surface area contributed by atoms with Gasteiger partial charge in [-0.25, -0.2) is 4.79 Å². The third kappa shape index (κ3) is 4.35. The SMILES string of the molecule is O=C(O)COc1ccc(Br)cc1-c1nc(Cc2c(Cl)cccc2Cl)no1. The van der Waals surface area contributed by atoms with Crippen molar-refractivity contribution in [2.75, 3.05) is 6.61 Å². The van der Waals surface area contributed by atoms with E-state index in [-0.39, 0.29) is 5.89 Å². The average Bonchev–Trinajstić information content (AvgIpc) is 3.05. The van der Waals surface area contributed by atoms with Crippen molar-refractivity contribution in [3.8, 4) is 17.2 Å². The molecular formula is C17H11BrCl2N2O4. The molecule has 0 radical (unpaired) electrons. The molecule has 9 heteroatoms. The van der Waals surface area contributed by atoms with Crippen LogP contribution in [0.3, 0.4) is 0 Å². The predicted molar refractivity (Wildman–Crippen MR) is 99.8 cm³/mol. The maximum Gasteiger partial charge on any atom is 0.341 e. The molecular weight excluding hydrogens is 447 g/mol. The van der Waals surface area contributed by atoms with E-state index in [2.05, 4.69) is 26.1 Å². The molecule has 0 bridgehead atoms. The molecule has 134 valence electrons. The first-order valence-electron chi connectivity index (χ1n) is 7.34. The van der Waals surface area contributed by atoms with Gasteiger partial charge in [0.05, 0.1) is 5.56 Å². The molecule has 1 N–H and O–H groups in total. The van der Waals surface area contributed by atoms with Gasteiger partial charge in [-0.3, -0.25) is 0 Å². The molecule has 3 rings (SSSR count). The van der Waals surface area contributed by atoms with Gasteiger partial charge >= 0.3 is 5.97 Å². The molecule has 1 aromatic heterocycles. The smallest absolute Gasteiger partial charge is 0.341 e. The van der Waals surface area contributed by atoms with Crippen LogP contribution in [0.2, 0.25) is 10.0 Å². The van der Waals surface area contributed by atoms with Crippen LogP contribution in [-0.4, -0.2) is 27.8 Å². The van der Waals surface area contributed by atoms with Gasteiger partial charge in [-0.05, 0) is 35.9 Å². The van der Waals surface area contributed by atoms with E-state index in [4.69, 9.17) is 37.6 Å². The quantitative estimate of drug-likeness (QED) is 0.568. The summed E-state index contributed by atoms with van der Waals surface area (Å²) in [6.07, 6.45) is 0.293. The molecule has 6 nitrogen and oxygen atoms in total. The summed E-state index contributed by atoms with van der Waals surface area (Å²) in [6.45, 7) is -0.481. The number of benzene rings is 2. The molecule has 0 atom stereocenters. The van der Waals surface area contributed by atoms with Gasteiger partial charge in [-0.1, -0.05) is 50.4 Å². The fourth-order valence-electron chi connectivity index (χ4n) is 2.23. The fraction of sp³-hybridized carbons (Fsp3) is 0.118. The molecule has 26 heavy (non-hydrogen) atoms. The van der Waals surface area contributed by atoms with E-state index >= 15 is 0 Å². The van der Waals surface area contributed by atoms with Crippen LogP contribution in [0, 0.1) is 0 Å². The fourth-order valence-corrected chi connectivity index (χ4v) is 3.12. The van der Waals surface area contributed by atoms with Gasteiger partial charge < -0.3 is 14.4 Å². The molecule has 2 aromatic carbocycles. The van der Waals surface area contributed by atoms with Crippen molar-refractivity contribution in [3.05, 3.63) is 62.3 Å². The molecule has 3 aromatic rings. The Labute approximate surface area is 166 Å². The maximum atomic E-state index is 10.7. The van der Waals surface area contributed by atoms with Gasteiger partial charge in [-0.2, -0.15) is 4.98 Å². The molecule has 1 heterocycles. The summed E-state index contributed by atoms with van der Waals surface area (Å²) in [4.78, 5) is 15.1. The van der Waals surface area contributed by atoms with E-state index in [1.165, 1.54) is 0 Å². The number of ether oxygens (including phenoxy) is 1. The van der Waals surface area contributed by atoms with Gasteiger partial charge in [0.2, 0.25) is 0 Å². The van der Waals surface area contributed by atoms with Gasteiger partial charge in [0, 0.05) is 20.9 Å². The number of nitrogens with zero attached hydrogens (tertiary/aromatic N) is 2. The number of aromatic nitrogens is 2. The third-order valence-corrected chi connectivity index (χ3v) is 4.59. The zero-order valence-electron chi connectivity index (χ0n) is 13.1. The zero-order valence-corrected chi connectivity index (χ0v) is 16.2. The minimum absolute atomic E-state index is 0.199. The normalized spacial score (nSPS) is 10.7. The van der Waals surface area contributed by atoms with E-state index in [0.717, 1.165) is 4.47 Å². The number of carboxylic acid groups (broad SMARTS) is 1. The van der Waals surface area contributed by atoms with Crippen LogP contribution in [0.1, 0.15) is 11.4 Å². The number of hydrogen-bond acceptors (Lipinski definition) is 5. The average molecular weight is 458 g/mol. The number of rotatable bonds is 6. The molecule has 0 saturated carbocycles. The van der Waals surface area contributed by atoms with Crippen molar-refractivity contribution in [3.63, 3.8) is 0 Å². The molecule has 0 aliphatic rings. The lowest BCUT2D eigenvalue weighted by atomic mass is 10.1. The van der Waals surface area contributed by atoms with Gasteiger partial charge in [0.25, 0.3) is 5.89 Å². The van der Waals surface area contributed by atoms with Crippen molar-refractivity contribution in [2.24, 2.45) is 0 Å².